The molecule has 0 radical (unpaired) electrons. The molecule has 0 spiro atoms. The van der Waals surface area contributed by atoms with Gasteiger partial charge in [0, 0.05) is 6.54 Å². The average Bonchev–Trinajstić information content (AvgIpc) is 3.06. The molecular weight excluding hydrogens is 398 g/mol. The van der Waals surface area contributed by atoms with Crippen molar-refractivity contribution in [2.75, 3.05) is 20.8 Å². The summed E-state index contributed by atoms with van der Waals surface area (Å²) in [7, 11) is 2.97. The minimum absolute atomic E-state index is 0.0450. The summed E-state index contributed by atoms with van der Waals surface area (Å²) in [5.41, 5.74) is -0.152. The minimum atomic E-state index is -2.99. The van der Waals surface area contributed by atoms with E-state index in [1.54, 1.807) is 24.9 Å². The Bertz CT molecular complexity index is 829. The van der Waals surface area contributed by atoms with Crippen LogP contribution in [0.3, 0.4) is 0 Å². The zero-order chi connectivity index (χ0) is 21.6. The number of esters is 1. The molecule has 2 rings (SSSR count). The Balaban J connectivity index is 2.15. The smallest absolute Gasteiger partial charge is 0.387 e. The molecule has 0 atom stereocenters. The summed E-state index contributed by atoms with van der Waals surface area (Å²) < 4.78 is 67.0. The fourth-order valence-corrected chi connectivity index (χ4v) is 2.70. The molecule has 0 saturated heterocycles. The van der Waals surface area contributed by atoms with E-state index >= 15 is 0 Å². The van der Waals surface area contributed by atoms with E-state index in [4.69, 9.17) is 9.47 Å². The van der Waals surface area contributed by atoms with Crippen molar-refractivity contribution in [2.45, 2.75) is 33.2 Å². The molecule has 160 valence electrons. The largest absolute Gasteiger partial charge is 0.493 e. The van der Waals surface area contributed by atoms with Gasteiger partial charge in [-0.05, 0) is 31.7 Å². The van der Waals surface area contributed by atoms with Gasteiger partial charge in [0.2, 0.25) is 0 Å². The number of aromatic nitrogens is 2. The number of methoxy groups -OCH3 is 1. The number of hydrogen-bond donors (Lipinski definition) is 0. The van der Waals surface area contributed by atoms with Gasteiger partial charge in [0.15, 0.2) is 11.5 Å². The molecule has 0 unspecified atom stereocenters. The molecule has 0 amide bonds. The number of hydrogen-bond acceptors (Lipinski definition) is 6. The molecule has 0 aliphatic carbocycles. The number of rotatable bonds is 10. The summed E-state index contributed by atoms with van der Waals surface area (Å²) in [4.78, 5) is 13.5. The number of carbonyl (C=O) groups excluding carboxylic acids is 1. The van der Waals surface area contributed by atoms with Crippen LogP contribution >= 0.6 is 0 Å². The molecule has 0 aliphatic heterocycles. The van der Waals surface area contributed by atoms with Gasteiger partial charge in [-0.3, -0.25) is 4.90 Å². The van der Waals surface area contributed by atoms with Crippen molar-refractivity contribution in [1.82, 2.24) is 14.7 Å². The molecule has 1 heterocycles. The number of benzene rings is 1. The van der Waals surface area contributed by atoms with E-state index in [1.165, 1.54) is 19.2 Å². The third-order valence-electron chi connectivity index (χ3n) is 3.85. The van der Waals surface area contributed by atoms with Crippen LogP contribution in [0.5, 0.6) is 11.5 Å². The van der Waals surface area contributed by atoms with Crippen LogP contribution in [0.15, 0.2) is 24.4 Å². The molecule has 0 N–H and O–H groups in total. The van der Waals surface area contributed by atoms with E-state index in [-0.39, 0.29) is 36.9 Å². The third-order valence-corrected chi connectivity index (χ3v) is 3.85. The number of carbonyl (C=O) groups is 1. The summed E-state index contributed by atoms with van der Waals surface area (Å²) in [5.74, 6) is -0.857. The van der Waals surface area contributed by atoms with Gasteiger partial charge >= 0.3 is 12.6 Å². The fraction of sp³-hybridized carbons (Fsp3) is 0.444. The average molecular weight is 419 g/mol. The molecule has 1 aromatic carbocycles. The predicted octanol–water partition coefficient (Wildman–Crippen LogP) is 3.70. The van der Waals surface area contributed by atoms with Crippen molar-refractivity contribution in [2.24, 2.45) is 0 Å². The molecule has 0 saturated carbocycles. The molecule has 11 heteroatoms. The summed E-state index contributed by atoms with van der Waals surface area (Å²) in [6.45, 7) is -1.14. The fourth-order valence-electron chi connectivity index (χ4n) is 2.70. The van der Waals surface area contributed by atoms with E-state index < -0.39 is 24.7 Å². The quantitative estimate of drug-likeness (QED) is 0.432. The molecule has 2 aromatic rings. The van der Waals surface area contributed by atoms with Crippen LogP contribution < -0.4 is 9.47 Å². The molecule has 0 bridgehead atoms. The lowest BCUT2D eigenvalue weighted by Crippen LogP contribution is -2.24. The number of halogens is 4. The number of nitrogens with zero attached hydrogens (tertiary/aromatic N) is 3. The monoisotopic (exact) mass is 419 g/mol. The predicted molar refractivity (Wildman–Crippen MR) is 94.2 cm³/mol. The summed E-state index contributed by atoms with van der Waals surface area (Å²) in [6.07, 6.45) is -1.87. The normalized spacial score (nSPS) is 11.4. The van der Waals surface area contributed by atoms with Crippen molar-refractivity contribution in [3.05, 3.63) is 41.2 Å². The number of ether oxygens (including phenoxy) is 3. The first-order valence-corrected chi connectivity index (χ1v) is 8.58. The van der Waals surface area contributed by atoms with Crippen molar-refractivity contribution in [3.8, 4) is 11.5 Å². The molecule has 29 heavy (non-hydrogen) atoms. The van der Waals surface area contributed by atoms with Crippen molar-refractivity contribution in [1.29, 1.82) is 0 Å². The second-order valence-electron chi connectivity index (χ2n) is 5.98. The maximum absolute atomic E-state index is 13.5. The Labute approximate surface area is 164 Å². The SMILES string of the molecule is CCOC(=O)c1cnn(CN(C)Cc2ccc(OC(F)F)c(OC)c2)c1C(F)F. The first-order valence-electron chi connectivity index (χ1n) is 8.58. The molecule has 0 fully saturated rings. The lowest BCUT2D eigenvalue weighted by molar-refractivity contribution is -0.0512. The maximum atomic E-state index is 13.5. The molecule has 0 aliphatic rings. The Kier molecular flexibility index (Phi) is 7.82. The maximum Gasteiger partial charge on any atom is 0.387 e. The summed E-state index contributed by atoms with van der Waals surface area (Å²) in [6, 6.07) is 4.40. The highest BCUT2D eigenvalue weighted by Crippen LogP contribution is 2.30. The number of alkyl halides is 4. The van der Waals surface area contributed by atoms with Crippen LogP contribution in [0.25, 0.3) is 0 Å². The highest BCUT2D eigenvalue weighted by Gasteiger charge is 2.26. The van der Waals surface area contributed by atoms with Crippen LogP contribution in [0.1, 0.15) is 35.0 Å². The Morgan fingerprint density at radius 1 is 1.24 bits per heavy atom. The second kappa shape index (κ2) is 10.1. The van der Waals surface area contributed by atoms with Gasteiger partial charge < -0.3 is 14.2 Å². The lowest BCUT2D eigenvalue weighted by Gasteiger charge is -2.19. The first-order chi connectivity index (χ1) is 13.8. The van der Waals surface area contributed by atoms with E-state index in [0.29, 0.717) is 5.56 Å². The van der Waals surface area contributed by atoms with Crippen molar-refractivity contribution >= 4 is 5.97 Å². The third kappa shape index (κ3) is 5.83. The van der Waals surface area contributed by atoms with Crippen LogP contribution in [-0.2, 0) is 18.0 Å². The zero-order valence-corrected chi connectivity index (χ0v) is 16.1. The zero-order valence-electron chi connectivity index (χ0n) is 16.1. The Morgan fingerprint density at radius 2 is 1.97 bits per heavy atom. The van der Waals surface area contributed by atoms with Gasteiger partial charge in [0.05, 0.1) is 26.6 Å². The van der Waals surface area contributed by atoms with E-state index in [9.17, 15) is 22.4 Å². The van der Waals surface area contributed by atoms with Gasteiger partial charge in [-0.2, -0.15) is 13.9 Å². The summed E-state index contributed by atoms with van der Waals surface area (Å²) in [5, 5.41) is 3.87. The molecular formula is C18H21F4N3O4. The highest BCUT2D eigenvalue weighted by atomic mass is 19.3. The van der Waals surface area contributed by atoms with Crippen LogP contribution in [0.4, 0.5) is 17.6 Å². The second-order valence-corrected chi connectivity index (χ2v) is 5.98. The Morgan fingerprint density at radius 3 is 2.55 bits per heavy atom. The van der Waals surface area contributed by atoms with Crippen LogP contribution in [0, 0.1) is 0 Å². The van der Waals surface area contributed by atoms with Crippen LogP contribution in [0.2, 0.25) is 0 Å². The topological polar surface area (TPSA) is 65.8 Å². The highest BCUT2D eigenvalue weighted by molar-refractivity contribution is 5.90. The van der Waals surface area contributed by atoms with Gasteiger partial charge in [-0.25, -0.2) is 18.3 Å². The van der Waals surface area contributed by atoms with Gasteiger partial charge in [-0.1, -0.05) is 6.07 Å². The van der Waals surface area contributed by atoms with E-state index in [2.05, 4.69) is 9.84 Å². The summed E-state index contributed by atoms with van der Waals surface area (Å²) >= 11 is 0. The van der Waals surface area contributed by atoms with E-state index in [0.717, 1.165) is 10.9 Å². The van der Waals surface area contributed by atoms with Crippen molar-refractivity contribution in [3.63, 3.8) is 0 Å². The minimum Gasteiger partial charge on any atom is -0.493 e. The molecule has 7 nitrogen and oxygen atoms in total. The van der Waals surface area contributed by atoms with Crippen molar-refractivity contribution < 1.29 is 36.6 Å². The van der Waals surface area contributed by atoms with Gasteiger partial charge in [-0.15, -0.1) is 0 Å². The van der Waals surface area contributed by atoms with Crippen LogP contribution in [-0.4, -0.2) is 48.0 Å². The lowest BCUT2D eigenvalue weighted by atomic mass is 10.2. The van der Waals surface area contributed by atoms with Gasteiger partial charge in [0.1, 0.15) is 11.3 Å². The first kappa shape index (κ1) is 22.5. The standard InChI is InChI=1S/C18H21F4N3O4/c1-4-28-17(26)12-8-23-25(15(12)16(19)20)10-24(2)9-11-5-6-13(29-18(21)22)14(7-11)27-3/h5-8,16,18H,4,9-10H2,1-3H3. The Hall–Kier alpha value is -2.82. The molecule has 1 aromatic heterocycles. The van der Waals surface area contributed by atoms with E-state index in [1.807, 2.05) is 0 Å². The van der Waals surface area contributed by atoms with Gasteiger partial charge in [0.25, 0.3) is 6.43 Å².